The van der Waals surface area contributed by atoms with Gasteiger partial charge < -0.3 is 5.11 Å². The molecule has 6 heteroatoms. The minimum atomic E-state index is -3.59. The number of sulfonamides is 1. The van der Waals surface area contributed by atoms with Crippen molar-refractivity contribution in [2.45, 2.75) is 11.8 Å². The quantitative estimate of drug-likeness (QED) is 0.809. The van der Waals surface area contributed by atoms with Crippen molar-refractivity contribution in [1.29, 1.82) is 0 Å². The molecule has 0 radical (unpaired) electrons. The van der Waals surface area contributed by atoms with Crippen LogP contribution in [0, 0.1) is 6.92 Å². The third kappa shape index (κ3) is 3.41. The summed E-state index contributed by atoms with van der Waals surface area (Å²) in [5.74, 6) is 0. The monoisotopic (exact) mass is 333 g/mol. The molecule has 0 aliphatic heterocycles. The lowest BCUT2D eigenvalue weighted by Crippen LogP contribution is -2.34. The second-order valence-corrected chi connectivity index (χ2v) is 6.61. The molecule has 0 aliphatic rings. The van der Waals surface area contributed by atoms with Crippen LogP contribution in [0.5, 0.6) is 0 Å². The predicted octanol–water partition coefficient (Wildman–Crippen LogP) is 1.93. The van der Waals surface area contributed by atoms with Gasteiger partial charge in [-0.3, -0.25) is 0 Å². The number of hydrogen-bond donors (Lipinski definition) is 1. The summed E-state index contributed by atoms with van der Waals surface area (Å²) in [5.41, 5.74) is 0.663. The fourth-order valence-corrected chi connectivity index (χ4v) is 3.69. The molecule has 0 bridgehead atoms. The summed E-state index contributed by atoms with van der Waals surface area (Å²) in [7, 11) is -3.59. The number of nitrogens with zero attached hydrogens (tertiary/aromatic N) is 1. The Balaban J connectivity index is 3.21. The molecular formula is C12H16BrNO3S. The average Bonchev–Trinajstić information content (AvgIpc) is 2.28. The lowest BCUT2D eigenvalue weighted by Gasteiger charge is -2.20. The van der Waals surface area contributed by atoms with Crippen molar-refractivity contribution in [3.05, 3.63) is 40.9 Å². The van der Waals surface area contributed by atoms with Crippen LogP contribution in [0.4, 0.5) is 0 Å². The van der Waals surface area contributed by atoms with Crippen molar-refractivity contribution in [3.8, 4) is 0 Å². The van der Waals surface area contributed by atoms with Gasteiger partial charge in [-0.1, -0.05) is 22.0 Å². The molecule has 1 N–H and O–H groups in total. The first-order valence-electron chi connectivity index (χ1n) is 5.41. The topological polar surface area (TPSA) is 57.6 Å². The largest absolute Gasteiger partial charge is 0.395 e. The third-order valence-corrected chi connectivity index (χ3v) is 4.96. The minimum absolute atomic E-state index is 0.0594. The molecule has 0 spiro atoms. The average molecular weight is 334 g/mol. The van der Waals surface area contributed by atoms with Gasteiger partial charge in [0.1, 0.15) is 0 Å². The van der Waals surface area contributed by atoms with E-state index in [1.165, 1.54) is 10.4 Å². The van der Waals surface area contributed by atoms with Gasteiger partial charge in [0.2, 0.25) is 10.0 Å². The zero-order valence-electron chi connectivity index (χ0n) is 10.1. The van der Waals surface area contributed by atoms with Crippen LogP contribution in [-0.2, 0) is 10.0 Å². The van der Waals surface area contributed by atoms with E-state index in [9.17, 15) is 8.42 Å². The summed E-state index contributed by atoms with van der Waals surface area (Å²) in [6.45, 7) is 5.29. The number of aliphatic hydroxyl groups excluding tert-OH is 1. The van der Waals surface area contributed by atoms with Crippen LogP contribution < -0.4 is 0 Å². The standard InChI is InChI=1S/C12H16BrNO3S/c1-3-6-14(7-8-15)18(16,17)12-5-4-11(13)9-10(12)2/h3-5,9,15H,1,6-8H2,2H3. The first-order valence-corrected chi connectivity index (χ1v) is 7.65. The second-order valence-electron chi connectivity index (χ2n) is 3.79. The SMILES string of the molecule is C=CCN(CCO)S(=O)(=O)c1ccc(Br)cc1C. The minimum Gasteiger partial charge on any atom is -0.395 e. The Labute approximate surface area is 116 Å². The van der Waals surface area contributed by atoms with E-state index in [2.05, 4.69) is 22.5 Å². The van der Waals surface area contributed by atoms with Crippen molar-refractivity contribution in [2.75, 3.05) is 19.7 Å². The fourth-order valence-electron chi connectivity index (χ4n) is 1.61. The highest BCUT2D eigenvalue weighted by molar-refractivity contribution is 9.10. The molecule has 1 rings (SSSR count). The first kappa shape index (κ1) is 15.4. The molecule has 100 valence electrons. The molecule has 0 atom stereocenters. The maximum Gasteiger partial charge on any atom is 0.243 e. The lowest BCUT2D eigenvalue weighted by molar-refractivity contribution is 0.260. The van der Waals surface area contributed by atoms with Crippen LogP contribution in [0.15, 0.2) is 40.2 Å². The first-order chi connectivity index (χ1) is 8.43. The molecule has 0 heterocycles. The van der Waals surface area contributed by atoms with Crippen LogP contribution in [0.3, 0.4) is 0 Å². The van der Waals surface area contributed by atoms with Crippen molar-refractivity contribution in [3.63, 3.8) is 0 Å². The van der Waals surface area contributed by atoms with Crippen LogP contribution in [0.1, 0.15) is 5.56 Å². The molecule has 0 unspecified atom stereocenters. The molecule has 0 aromatic heterocycles. The maximum atomic E-state index is 12.4. The number of hydrogen-bond acceptors (Lipinski definition) is 3. The fraction of sp³-hybridized carbons (Fsp3) is 0.333. The van der Waals surface area contributed by atoms with E-state index in [-0.39, 0.29) is 24.6 Å². The Hall–Kier alpha value is -0.690. The zero-order chi connectivity index (χ0) is 13.8. The number of aliphatic hydroxyl groups is 1. The Morgan fingerprint density at radius 2 is 2.17 bits per heavy atom. The van der Waals surface area contributed by atoms with Crippen molar-refractivity contribution >= 4 is 26.0 Å². The van der Waals surface area contributed by atoms with Gasteiger partial charge in [0.05, 0.1) is 11.5 Å². The molecule has 18 heavy (non-hydrogen) atoms. The maximum absolute atomic E-state index is 12.4. The summed E-state index contributed by atoms with van der Waals surface area (Å²) in [6, 6.07) is 4.99. The molecule has 0 saturated heterocycles. The highest BCUT2D eigenvalue weighted by Gasteiger charge is 2.24. The van der Waals surface area contributed by atoms with Gasteiger partial charge in [0.15, 0.2) is 0 Å². The van der Waals surface area contributed by atoms with Crippen LogP contribution in [-0.4, -0.2) is 37.5 Å². The number of rotatable bonds is 6. The van der Waals surface area contributed by atoms with Gasteiger partial charge in [-0.05, 0) is 30.7 Å². The second kappa shape index (κ2) is 6.47. The highest BCUT2D eigenvalue weighted by atomic mass is 79.9. The van der Waals surface area contributed by atoms with E-state index in [1.807, 2.05) is 0 Å². The smallest absolute Gasteiger partial charge is 0.243 e. The van der Waals surface area contributed by atoms with Gasteiger partial charge in [-0.25, -0.2) is 8.42 Å². The van der Waals surface area contributed by atoms with Gasteiger partial charge >= 0.3 is 0 Å². The van der Waals surface area contributed by atoms with Gasteiger partial charge in [-0.2, -0.15) is 4.31 Å². The van der Waals surface area contributed by atoms with Crippen molar-refractivity contribution < 1.29 is 13.5 Å². The van der Waals surface area contributed by atoms with Crippen molar-refractivity contribution in [1.82, 2.24) is 4.31 Å². The van der Waals surface area contributed by atoms with Crippen LogP contribution in [0.2, 0.25) is 0 Å². The Bertz CT molecular complexity index is 528. The normalized spacial score (nSPS) is 11.8. The van der Waals surface area contributed by atoms with Gasteiger partial charge in [-0.15, -0.1) is 6.58 Å². The third-order valence-electron chi connectivity index (χ3n) is 2.44. The summed E-state index contributed by atoms with van der Waals surface area (Å²) in [5, 5.41) is 8.94. The number of benzene rings is 1. The van der Waals surface area contributed by atoms with E-state index in [1.54, 1.807) is 25.1 Å². The molecule has 0 fully saturated rings. The molecule has 0 saturated carbocycles. The van der Waals surface area contributed by atoms with Crippen LogP contribution >= 0.6 is 15.9 Å². The van der Waals surface area contributed by atoms with E-state index in [4.69, 9.17) is 5.11 Å². The van der Waals surface area contributed by atoms with E-state index in [0.29, 0.717) is 5.56 Å². The van der Waals surface area contributed by atoms with Gasteiger partial charge in [0.25, 0.3) is 0 Å². The Morgan fingerprint density at radius 1 is 1.50 bits per heavy atom. The lowest BCUT2D eigenvalue weighted by atomic mass is 10.2. The molecule has 0 amide bonds. The summed E-state index contributed by atoms with van der Waals surface area (Å²) in [6.07, 6.45) is 1.50. The van der Waals surface area contributed by atoms with E-state index >= 15 is 0 Å². The Kier molecular flexibility index (Phi) is 5.52. The molecular weight excluding hydrogens is 318 g/mol. The van der Waals surface area contributed by atoms with E-state index < -0.39 is 10.0 Å². The van der Waals surface area contributed by atoms with Gasteiger partial charge in [0, 0.05) is 17.6 Å². The van der Waals surface area contributed by atoms with Crippen LogP contribution in [0.25, 0.3) is 0 Å². The number of aryl methyl sites for hydroxylation is 1. The summed E-state index contributed by atoms with van der Waals surface area (Å²) >= 11 is 3.30. The number of halogens is 1. The van der Waals surface area contributed by atoms with Crippen molar-refractivity contribution in [2.24, 2.45) is 0 Å². The van der Waals surface area contributed by atoms with E-state index in [0.717, 1.165) is 4.47 Å². The predicted molar refractivity (Wildman–Crippen MR) is 74.9 cm³/mol. The molecule has 0 aliphatic carbocycles. The summed E-state index contributed by atoms with van der Waals surface area (Å²) in [4.78, 5) is 0.251. The molecule has 4 nitrogen and oxygen atoms in total. The zero-order valence-corrected chi connectivity index (χ0v) is 12.5. The summed E-state index contributed by atoms with van der Waals surface area (Å²) < 4.78 is 26.8. The highest BCUT2D eigenvalue weighted by Crippen LogP contribution is 2.23. The molecule has 1 aromatic carbocycles. The Morgan fingerprint density at radius 3 is 2.67 bits per heavy atom. The molecule has 1 aromatic rings.